The van der Waals surface area contributed by atoms with E-state index < -0.39 is 23.8 Å². The highest BCUT2D eigenvalue weighted by Crippen LogP contribution is 2.09. The van der Waals surface area contributed by atoms with Crippen LogP contribution in [0.5, 0.6) is 0 Å². The number of carbonyl (C=O) groups is 3. The van der Waals surface area contributed by atoms with Gasteiger partial charge in [0.05, 0.1) is 6.26 Å². The molecule has 0 aliphatic heterocycles. The third kappa shape index (κ3) is 4.45. The molecule has 0 bridgehead atoms. The molecule has 0 aliphatic carbocycles. The van der Waals surface area contributed by atoms with Crippen LogP contribution < -0.4 is 10.6 Å². The monoisotopic (exact) mass is 334 g/mol. The number of carbonyl (C=O) groups excluding carboxylic acids is 2. The number of hydrogen-bond donors (Lipinski definition) is 3. The van der Waals surface area contributed by atoms with E-state index in [1.54, 1.807) is 19.9 Å². The molecular weight excluding hydrogens is 316 g/mol. The smallest absolute Gasteiger partial charge is 0.325 e. The van der Waals surface area contributed by atoms with Crippen LogP contribution in [-0.2, 0) is 16.1 Å². The number of nitrogens with one attached hydrogen (secondary N) is 2. The molecule has 0 saturated carbocycles. The Bertz CT molecular complexity index is 720. The summed E-state index contributed by atoms with van der Waals surface area (Å²) in [5.74, 6) is -1.85. The first-order chi connectivity index (χ1) is 11.4. The van der Waals surface area contributed by atoms with Crippen LogP contribution in [0.4, 0.5) is 5.82 Å². The molecule has 0 spiro atoms. The van der Waals surface area contributed by atoms with Gasteiger partial charge in [0.1, 0.15) is 12.6 Å². The molecule has 9 heteroatoms. The Hall–Kier alpha value is -3.10. The summed E-state index contributed by atoms with van der Waals surface area (Å²) in [6.45, 7) is 3.27. The predicted octanol–water partition coefficient (Wildman–Crippen LogP) is 0.954. The topological polar surface area (TPSA) is 126 Å². The van der Waals surface area contributed by atoms with Crippen molar-refractivity contribution in [2.75, 3.05) is 5.32 Å². The summed E-state index contributed by atoms with van der Waals surface area (Å²) >= 11 is 0. The fourth-order valence-corrected chi connectivity index (χ4v) is 2.01. The summed E-state index contributed by atoms with van der Waals surface area (Å²) in [5.41, 5.74) is 0. The number of amides is 2. The van der Waals surface area contributed by atoms with Gasteiger partial charge in [-0.15, -0.1) is 0 Å². The predicted molar refractivity (Wildman–Crippen MR) is 83.3 cm³/mol. The molecule has 2 amide bonds. The van der Waals surface area contributed by atoms with Crippen molar-refractivity contribution in [1.82, 2.24) is 15.1 Å². The van der Waals surface area contributed by atoms with Gasteiger partial charge in [0.25, 0.3) is 5.91 Å². The first kappa shape index (κ1) is 17.3. The van der Waals surface area contributed by atoms with Gasteiger partial charge in [-0.2, -0.15) is 5.10 Å². The minimum absolute atomic E-state index is 0.110. The van der Waals surface area contributed by atoms with Gasteiger partial charge >= 0.3 is 5.97 Å². The molecule has 0 fully saturated rings. The zero-order valence-corrected chi connectivity index (χ0v) is 13.2. The van der Waals surface area contributed by atoms with Gasteiger partial charge in [-0.25, -0.2) is 0 Å². The Morgan fingerprint density at radius 1 is 1.33 bits per heavy atom. The molecule has 2 rings (SSSR count). The number of anilines is 1. The highest BCUT2D eigenvalue weighted by Gasteiger charge is 2.26. The highest BCUT2D eigenvalue weighted by molar-refractivity contribution is 5.99. The van der Waals surface area contributed by atoms with Gasteiger partial charge in [-0.3, -0.25) is 19.1 Å². The molecule has 0 aliphatic rings. The molecule has 3 N–H and O–H groups in total. The lowest BCUT2D eigenvalue weighted by Crippen LogP contribution is -2.47. The van der Waals surface area contributed by atoms with E-state index in [4.69, 9.17) is 9.52 Å². The number of aromatic nitrogens is 2. The summed E-state index contributed by atoms with van der Waals surface area (Å²) in [6.07, 6.45) is 2.81. The van der Waals surface area contributed by atoms with Crippen LogP contribution >= 0.6 is 0 Å². The van der Waals surface area contributed by atoms with E-state index in [9.17, 15) is 14.4 Å². The lowest BCUT2D eigenvalue weighted by molar-refractivity contribution is -0.137. The Kier molecular flexibility index (Phi) is 5.35. The summed E-state index contributed by atoms with van der Waals surface area (Å²) in [6, 6.07) is 3.76. The molecule has 0 saturated heterocycles. The maximum absolute atomic E-state index is 12.4. The van der Waals surface area contributed by atoms with Gasteiger partial charge in [0, 0.05) is 12.3 Å². The van der Waals surface area contributed by atoms with Crippen molar-refractivity contribution in [3.05, 3.63) is 36.4 Å². The number of aliphatic carboxylic acids is 1. The van der Waals surface area contributed by atoms with Crippen molar-refractivity contribution < 1.29 is 23.9 Å². The second-order valence-electron chi connectivity index (χ2n) is 5.45. The lowest BCUT2D eigenvalue weighted by atomic mass is 10.0. The summed E-state index contributed by atoms with van der Waals surface area (Å²) < 4.78 is 6.18. The summed E-state index contributed by atoms with van der Waals surface area (Å²) in [4.78, 5) is 35.0. The van der Waals surface area contributed by atoms with Crippen molar-refractivity contribution in [2.24, 2.45) is 5.92 Å². The molecule has 2 aromatic heterocycles. The van der Waals surface area contributed by atoms with Crippen molar-refractivity contribution >= 4 is 23.6 Å². The minimum Gasteiger partial charge on any atom is -0.480 e. The van der Waals surface area contributed by atoms with Gasteiger partial charge in [-0.1, -0.05) is 13.8 Å². The fraction of sp³-hybridized carbons (Fsp3) is 0.333. The van der Waals surface area contributed by atoms with Crippen LogP contribution in [0.3, 0.4) is 0 Å². The molecule has 0 radical (unpaired) electrons. The molecule has 2 aromatic rings. The summed E-state index contributed by atoms with van der Waals surface area (Å²) in [5, 5.41) is 17.8. The average molecular weight is 334 g/mol. The quantitative estimate of drug-likeness (QED) is 0.692. The van der Waals surface area contributed by atoms with E-state index >= 15 is 0 Å². The van der Waals surface area contributed by atoms with Crippen LogP contribution in [0.15, 0.2) is 35.1 Å². The van der Waals surface area contributed by atoms with E-state index in [0.29, 0.717) is 0 Å². The molecule has 1 unspecified atom stereocenters. The van der Waals surface area contributed by atoms with Gasteiger partial charge < -0.3 is 20.2 Å². The molecule has 2 heterocycles. The standard InChI is InChI=1S/C15H18N4O5/c1-9(2)13(17-14(22)10-4-3-7-24-10)15(23)16-11-5-6-19(18-11)8-12(20)21/h3-7,9,13H,8H2,1-2H3,(H,17,22)(H,20,21)(H,16,18,23). The number of carboxylic acids is 1. The maximum atomic E-state index is 12.4. The molecule has 9 nitrogen and oxygen atoms in total. The first-order valence-electron chi connectivity index (χ1n) is 7.27. The Morgan fingerprint density at radius 3 is 2.67 bits per heavy atom. The SMILES string of the molecule is CC(C)C(NC(=O)c1ccco1)C(=O)Nc1ccn(CC(=O)O)n1. The highest BCUT2D eigenvalue weighted by atomic mass is 16.4. The third-order valence-corrected chi connectivity index (χ3v) is 3.17. The van der Waals surface area contributed by atoms with E-state index in [1.165, 1.54) is 29.3 Å². The summed E-state index contributed by atoms with van der Waals surface area (Å²) in [7, 11) is 0. The zero-order chi connectivity index (χ0) is 17.7. The van der Waals surface area contributed by atoms with Crippen LogP contribution in [0.1, 0.15) is 24.4 Å². The lowest BCUT2D eigenvalue weighted by Gasteiger charge is -2.20. The van der Waals surface area contributed by atoms with Gasteiger partial charge in [0.2, 0.25) is 5.91 Å². The van der Waals surface area contributed by atoms with E-state index in [2.05, 4.69) is 15.7 Å². The second kappa shape index (κ2) is 7.44. The molecule has 0 aromatic carbocycles. The van der Waals surface area contributed by atoms with Crippen LogP contribution in [-0.4, -0.2) is 38.7 Å². The molecule has 128 valence electrons. The van der Waals surface area contributed by atoms with E-state index in [0.717, 1.165) is 0 Å². The van der Waals surface area contributed by atoms with Gasteiger partial charge in [-0.05, 0) is 18.1 Å². The van der Waals surface area contributed by atoms with Gasteiger partial charge in [0.15, 0.2) is 11.6 Å². The van der Waals surface area contributed by atoms with Crippen LogP contribution in [0.2, 0.25) is 0 Å². The number of rotatable bonds is 7. The van der Waals surface area contributed by atoms with E-state index in [-0.39, 0.29) is 24.0 Å². The maximum Gasteiger partial charge on any atom is 0.325 e. The molecular formula is C15H18N4O5. The number of nitrogens with zero attached hydrogens (tertiary/aromatic N) is 2. The van der Waals surface area contributed by atoms with E-state index in [1.807, 2.05) is 0 Å². The zero-order valence-electron chi connectivity index (χ0n) is 13.2. The fourth-order valence-electron chi connectivity index (χ4n) is 2.01. The van der Waals surface area contributed by atoms with Crippen molar-refractivity contribution in [3.63, 3.8) is 0 Å². The largest absolute Gasteiger partial charge is 0.480 e. The normalized spacial score (nSPS) is 12.0. The number of hydrogen-bond acceptors (Lipinski definition) is 5. The van der Waals surface area contributed by atoms with Crippen molar-refractivity contribution in [1.29, 1.82) is 0 Å². The Labute approximate surface area is 137 Å². The second-order valence-corrected chi connectivity index (χ2v) is 5.45. The van der Waals surface area contributed by atoms with Crippen LogP contribution in [0.25, 0.3) is 0 Å². The number of carboxylic acid groups (broad SMARTS) is 1. The minimum atomic E-state index is -1.04. The third-order valence-electron chi connectivity index (χ3n) is 3.17. The van der Waals surface area contributed by atoms with Crippen molar-refractivity contribution in [2.45, 2.75) is 26.4 Å². The Balaban J connectivity index is 2.02. The average Bonchev–Trinajstić information content (AvgIpc) is 3.15. The number of furan rings is 1. The van der Waals surface area contributed by atoms with Crippen molar-refractivity contribution in [3.8, 4) is 0 Å². The Morgan fingerprint density at radius 2 is 2.08 bits per heavy atom. The first-order valence-corrected chi connectivity index (χ1v) is 7.27. The molecule has 24 heavy (non-hydrogen) atoms. The van der Waals surface area contributed by atoms with Crippen LogP contribution in [0, 0.1) is 5.92 Å². The molecule has 1 atom stereocenters.